The van der Waals surface area contributed by atoms with Gasteiger partial charge in [0.15, 0.2) is 0 Å². The van der Waals surface area contributed by atoms with Crippen molar-refractivity contribution in [2.24, 2.45) is 11.8 Å². The van der Waals surface area contributed by atoms with Crippen molar-refractivity contribution in [3.05, 3.63) is 119 Å². The molecule has 0 spiro atoms. The second-order valence-corrected chi connectivity index (χ2v) is 13.4. The molecule has 0 aromatic heterocycles. The maximum Gasteiger partial charge on any atom is 0.308 e. The molecule has 1 aliphatic carbocycles. The molecule has 0 fully saturated rings. The number of esters is 2. The zero-order chi connectivity index (χ0) is 34.6. The predicted molar refractivity (Wildman–Crippen MR) is 194 cm³/mol. The van der Waals surface area contributed by atoms with Crippen LogP contribution in [0.15, 0.2) is 97.1 Å². The average molecular weight is 663 g/mol. The molecule has 2 N–H and O–H groups in total. The second-order valence-electron chi connectivity index (χ2n) is 13.4. The third kappa shape index (κ3) is 8.49. The van der Waals surface area contributed by atoms with Crippen LogP contribution in [0.1, 0.15) is 74.6 Å². The Hall–Kier alpha value is -4.26. The maximum atomic E-state index is 13.3. The molecule has 0 saturated heterocycles. The zero-order valence-corrected chi connectivity index (χ0v) is 28.9. The summed E-state index contributed by atoms with van der Waals surface area (Å²) in [6.07, 6.45) is 5.31. The minimum atomic E-state index is -0.391. The lowest BCUT2D eigenvalue weighted by Gasteiger charge is -2.34. The normalized spacial score (nSPS) is 14.0. The first kappa shape index (κ1) is 36.0. The molecule has 0 radical (unpaired) electrons. The molecular weight excluding hydrogens is 612 g/mol. The van der Waals surface area contributed by atoms with Gasteiger partial charge in [-0.1, -0.05) is 111 Å². The number of ether oxygens (including phenoxy) is 2. The van der Waals surface area contributed by atoms with Gasteiger partial charge >= 0.3 is 11.9 Å². The van der Waals surface area contributed by atoms with E-state index in [0.717, 1.165) is 29.5 Å². The number of unbranched alkanes of at least 4 members (excludes halogenated alkanes) is 2. The molecule has 0 amide bonds. The molecule has 6 nitrogen and oxygen atoms in total. The van der Waals surface area contributed by atoms with E-state index < -0.39 is 5.41 Å². The van der Waals surface area contributed by atoms with Gasteiger partial charge in [-0.3, -0.25) is 9.59 Å². The van der Waals surface area contributed by atoms with E-state index in [1.165, 1.54) is 27.8 Å². The fourth-order valence-corrected chi connectivity index (χ4v) is 7.39. The maximum absolute atomic E-state index is 13.3. The summed E-state index contributed by atoms with van der Waals surface area (Å²) in [5.41, 5.74) is 9.12. The van der Waals surface area contributed by atoms with Gasteiger partial charge < -0.3 is 19.7 Å². The number of benzene rings is 4. The fourth-order valence-electron chi connectivity index (χ4n) is 7.39. The predicted octanol–water partition coefficient (Wildman–Crippen LogP) is 8.09. The van der Waals surface area contributed by atoms with E-state index in [9.17, 15) is 9.59 Å². The number of fused-ring (bicyclic) bond motifs is 3. The minimum Gasteiger partial charge on any atom is -0.465 e. The SMILES string of the molecule is CC(Cc1ccccc1-c1ccccc1CCC1(CC(C)C(=O)OCCCCO)c2ccccc2-c2ccccc21)C(=O)OCCCCO. The van der Waals surface area contributed by atoms with Gasteiger partial charge in [0.05, 0.1) is 25.0 Å². The summed E-state index contributed by atoms with van der Waals surface area (Å²) in [7, 11) is 0. The number of carbonyl (C=O) groups is 2. The van der Waals surface area contributed by atoms with Gasteiger partial charge in [-0.15, -0.1) is 0 Å². The van der Waals surface area contributed by atoms with Crippen LogP contribution in [0.2, 0.25) is 0 Å². The van der Waals surface area contributed by atoms with Crippen molar-refractivity contribution < 1.29 is 29.3 Å². The van der Waals surface area contributed by atoms with Gasteiger partial charge in [-0.05, 0) is 95.9 Å². The van der Waals surface area contributed by atoms with Crippen LogP contribution in [0.25, 0.3) is 22.3 Å². The Morgan fingerprint density at radius 2 is 1.04 bits per heavy atom. The molecule has 49 heavy (non-hydrogen) atoms. The van der Waals surface area contributed by atoms with Crippen molar-refractivity contribution in [3.63, 3.8) is 0 Å². The highest BCUT2D eigenvalue weighted by atomic mass is 16.5. The lowest BCUT2D eigenvalue weighted by Crippen LogP contribution is -2.32. The monoisotopic (exact) mass is 662 g/mol. The van der Waals surface area contributed by atoms with Crippen LogP contribution in [0.4, 0.5) is 0 Å². The van der Waals surface area contributed by atoms with Crippen molar-refractivity contribution >= 4 is 11.9 Å². The lowest BCUT2D eigenvalue weighted by atomic mass is 9.68. The average Bonchev–Trinajstić information content (AvgIpc) is 3.40. The Labute approximate surface area is 291 Å². The highest BCUT2D eigenvalue weighted by Gasteiger charge is 2.44. The lowest BCUT2D eigenvalue weighted by molar-refractivity contribution is -0.149. The number of aliphatic hydroxyl groups excluding tert-OH is 2. The molecular formula is C43H50O6. The quantitative estimate of drug-likeness (QED) is 0.0827. The van der Waals surface area contributed by atoms with E-state index in [2.05, 4.69) is 84.9 Å². The van der Waals surface area contributed by atoms with Crippen LogP contribution in [-0.2, 0) is 37.3 Å². The summed E-state index contributed by atoms with van der Waals surface area (Å²) in [6, 6.07) is 34.0. The summed E-state index contributed by atoms with van der Waals surface area (Å²) in [6.45, 7) is 4.71. The van der Waals surface area contributed by atoms with E-state index in [4.69, 9.17) is 19.7 Å². The first-order valence-corrected chi connectivity index (χ1v) is 17.8. The third-order valence-electron chi connectivity index (χ3n) is 9.90. The molecule has 5 rings (SSSR count). The smallest absolute Gasteiger partial charge is 0.308 e. The Kier molecular flexibility index (Phi) is 12.8. The van der Waals surface area contributed by atoms with E-state index >= 15 is 0 Å². The first-order chi connectivity index (χ1) is 23.9. The summed E-state index contributed by atoms with van der Waals surface area (Å²) >= 11 is 0. The standard InChI is InChI=1S/C43H50O6/c1-31(41(46)48-27-13-11-25-44)29-34-16-4-6-18-36(34)35-17-5-3-15-33(35)23-24-43(30-32(2)42(47)49-28-14-12-26-45)39-21-9-7-19-37(39)38-20-8-10-22-40(38)43/h3-10,15-22,31-32,44-45H,11-14,23-30H2,1-2H3. The molecule has 0 bridgehead atoms. The molecule has 1 aliphatic rings. The summed E-state index contributed by atoms with van der Waals surface area (Å²) in [5.74, 6) is -1.05. The Bertz CT molecular complexity index is 1650. The number of rotatable bonds is 18. The Morgan fingerprint density at radius 1 is 0.592 bits per heavy atom. The molecule has 258 valence electrons. The molecule has 4 aromatic rings. The van der Waals surface area contributed by atoms with E-state index in [-0.39, 0.29) is 37.0 Å². The van der Waals surface area contributed by atoms with Gasteiger partial charge in [0.1, 0.15) is 0 Å². The molecule has 0 heterocycles. The van der Waals surface area contributed by atoms with Crippen LogP contribution in [-0.4, -0.2) is 48.6 Å². The van der Waals surface area contributed by atoms with Crippen LogP contribution in [0, 0.1) is 11.8 Å². The second kappa shape index (κ2) is 17.4. The summed E-state index contributed by atoms with van der Waals surface area (Å²) < 4.78 is 11.2. The van der Waals surface area contributed by atoms with Crippen molar-refractivity contribution in [2.45, 2.75) is 70.6 Å². The van der Waals surface area contributed by atoms with Gasteiger partial charge in [-0.2, -0.15) is 0 Å². The van der Waals surface area contributed by atoms with E-state index in [1.807, 2.05) is 26.0 Å². The molecule has 4 aromatic carbocycles. The van der Waals surface area contributed by atoms with Gasteiger partial charge in [0.2, 0.25) is 0 Å². The van der Waals surface area contributed by atoms with Gasteiger partial charge in [-0.25, -0.2) is 0 Å². The molecule has 0 saturated carbocycles. The number of carbonyl (C=O) groups excluding carboxylic acids is 2. The van der Waals surface area contributed by atoms with Crippen molar-refractivity contribution in [1.29, 1.82) is 0 Å². The number of aryl methyl sites for hydroxylation is 1. The highest BCUT2D eigenvalue weighted by molar-refractivity contribution is 5.82. The van der Waals surface area contributed by atoms with E-state index in [1.54, 1.807) is 0 Å². The van der Waals surface area contributed by atoms with Crippen molar-refractivity contribution in [2.75, 3.05) is 26.4 Å². The largest absolute Gasteiger partial charge is 0.465 e. The topological polar surface area (TPSA) is 93.1 Å². The third-order valence-corrected chi connectivity index (χ3v) is 9.90. The summed E-state index contributed by atoms with van der Waals surface area (Å²) in [4.78, 5) is 26.1. The molecule has 2 atom stereocenters. The van der Waals surface area contributed by atoms with Crippen molar-refractivity contribution in [3.8, 4) is 22.3 Å². The van der Waals surface area contributed by atoms with Gasteiger partial charge in [0.25, 0.3) is 0 Å². The molecule has 2 unspecified atom stereocenters. The van der Waals surface area contributed by atoms with Gasteiger partial charge in [0, 0.05) is 18.6 Å². The number of aliphatic hydroxyl groups is 2. The first-order valence-electron chi connectivity index (χ1n) is 17.8. The number of hydrogen-bond donors (Lipinski definition) is 2. The Morgan fingerprint density at radius 3 is 1.59 bits per heavy atom. The fraction of sp³-hybridized carbons (Fsp3) is 0.395. The number of hydrogen-bond acceptors (Lipinski definition) is 6. The van der Waals surface area contributed by atoms with Crippen LogP contribution in [0.5, 0.6) is 0 Å². The van der Waals surface area contributed by atoms with E-state index in [0.29, 0.717) is 51.7 Å². The van der Waals surface area contributed by atoms with Crippen LogP contribution < -0.4 is 0 Å². The minimum absolute atomic E-state index is 0.0907. The van der Waals surface area contributed by atoms with Crippen LogP contribution >= 0.6 is 0 Å². The highest BCUT2D eigenvalue weighted by Crippen LogP contribution is 2.54. The molecule has 0 aliphatic heterocycles. The Balaban J connectivity index is 1.44. The van der Waals surface area contributed by atoms with Crippen LogP contribution in [0.3, 0.4) is 0 Å². The summed E-state index contributed by atoms with van der Waals surface area (Å²) in [5, 5.41) is 18.2. The zero-order valence-electron chi connectivity index (χ0n) is 28.9. The molecule has 6 heteroatoms. The van der Waals surface area contributed by atoms with Crippen molar-refractivity contribution in [1.82, 2.24) is 0 Å².